The number of aromatic nitrogens is 4. The van der Waals surface area contributed by atoms with E-state index in [1.807, 2.05) is 0 Å². The topological polar surface area (TPSA) is 73.8 Å². The van der Waals surface area contributed by atoms with Crippen LogP contribution in [0, 0.1) is 0 Å². The minimum Gasteiger partial charge on any atom is -0.461 e. The molecule has 78 valence electrons. The number of hydrogen-bond acceptors (Lipinski definition) is 5. The number of furan rings is 1. The summed E-state index contributed by atoms with van der Waals surface area (Å²) < 4.78 is 5.10. The fourth-order valence-corrected chi connectivity index (χ4v) is 1.08. The number of carbonyl (C=O) groups is 1. The molecule has 0 spiro atoms. The number of carbonyl (C=O) groups excluding carboxylic acids is 1. The van der Waals surface area contributed by atoms with E-state index in [0.717, 1.165) is 0 Å². The third kappa shape index (κ3) is 2.09. The van der Waals surface area contributed by atoms with Crippen molar-refractivity contribution in [3.63, 3.8) is 0 Å². The lowest BCUT2D eigenvalue weighted by molar-refractivity contribution is -0.119. The van der Waals surface area contributed by atoms with E-state index < -0.39 is 0 Å². The normalized spacial score (nSPS) is 10.5. The zero-order valence-corrected chi connectivity index (χ0v) is 8.25. The molecule has 0 aliphatic rings. The molecule has 2 aromatic rings. The first kappa shape index (κ1) is 9.57. The van der Waals surface area contributed by atoms with Gasteiger partial charge in [0.1, 0.15) is 6.54 Å². The fourth-order valence-electron chi connectivity index (χ4n) is 1.08. The Balaban J connectivity index is 2.14. The summed E-state index contributed by atoms with van der Waals surface area (Å²) in [6.07, 6.45) is 2.00. The Morgan fingerprint density at radius 1 is 1.60 bits per heavy atom. The highest BCUT2D eigenvalue weighted by Crippen LogP contribution is 2.12. The highest BCUT2D eigenvalue weighted by atomic mass is 16.3. The van der Waals surface area contributed by atoms with Crippen LogP contribution in [0.1, 0.15) is 13.3 Å². The van der Waals surface area contributed by atoms with E-state index >= 15 is 0 Å². The summed E-state index contributed by atoms with van der Waals surface area (Å²) in [6, 6.07) is 3.48. The summed E-state index contributed by atoms with van der Waals surface area (Å²) in [7, 11) is 0. The van der Waals surface area contributed by atoms with Crippen molar-refractivity contribution in [1.29, 1.82) is 0 Å². The van der Waals surface area contributed by atoms with Crippen molar-refractivity contribution in [3.8, 4) is 11.6 Å². The summed E-state index contributed by atoms with van der Waals surface area (Å²) >= 11 is 0. The van der Waals surface area contributed by atoms with E-state index in [-0.39, 0.29) is 12.3 Å². The average molecular weight is 206 g/mol. The van der Waals surface area contributed by atoms with E-state index in [2.05, 4.69) is 15.4 Å². The molecule has 0 aromatic carbocycles. The van der Waals surface area contributed by atoms with Crippen molar-refractivity contribution in [2.24, 2.45) is 0 Å². The Hall–Kier alpha value is -1.98. The van der Waals surface area contributed by atoms with Gasteiger partial charge in [-0.2, -0.15) is 4.80 Å². The molecule has 0 atom stereocenters. The van der Waals surface area contributed by atoms with Gasteiger partial charge < -0.3 is 4.42 Å². The average Bonchev–Trinajstić information content (AvgIpc) is 2.85. The van der Waals surface area contributed by atoms with E-state index in [1.54, 1.807) is 19.1 Å². The van der Waals surface area contributed by atoms with Crippen LogP contribution in [0.2, 0.25) is 0 Å². The van der Waals surface area contributed by atoms with E-state index in [9.17, 15) is 4.79 Å². The second-order valence-electron chi connectivity index (χ2n) is 3.01. The van der Waals surface area contributed by atoms with Gasteiger partial charge in [0.2, 0.25) is 5.82 Å². The molecule has 2 rings (SSSR count). The lowest BCUT2D eigenvalue weighted by Crippen LogP contribution is -2.11. The third-order valence-electron chi connectivity index (χ3n) is 1.91. The summed E-state index contributed by atoms with van der Waals surface area (Å²) in [4.78, 5) is 12.4. The van der Waals surface area contributed by atoms with Gasteiger partial charge in [-0.3, -0.25) is 4.79 Å². The lowest BCUT2D eigenvalue weighted by Gasteiger charge is -1.93. The Labute approximate surface area is 85.9 Å². The molecule has 0 N–H and O–H groups in total. The predicted octanol–water partition coefficient (Wildman–Crippen LogP) is 0.912. The molecule has 0 fully saturated rings. The molecule has 0 aliphatic carbocycles. The van der Waals surface area contributed by atoms with Gasteiger partial charge in [0.15, 0.2) is 11.5 Å². The van der Waals surface area contributed by atoms with Crippen molar-refractivity contribution in [1.82, 2.24) is 20.2 Å². The van der Waals surface area contributed by atoms with Crippen LogP contribution in [-0.2, 0) is 11.3 Å². The van der Waals surface area contributed by atoms with Crippen LogP contribution in [0.5, 0.6) is 0 Å². The van der Waals surface area contributed by atoms with Gasteiger partial charge >= 0.3 is 0 Å². The van der Waals surface area contributed by atoms with Crippen molar-refractivity contribution in [2.45, 2.75) is 19.9 Å². The van der Waals surface area contributed by atoms with E-state index in [1.165, 1.54) is 11.1 Å². The van der Waals surface area contributed by atoms with Crippen LogP contribution in [-0.4, -0.2) is 26.0 Å². The van der Waals surface area contributed by atoms with Crippen LogP contribution in [0.15, 0.2) is 22.8 Å². The van der Waals surface area contributed by atoms with Gasteiger partial charge in [0.25, 0.3) is 0 Å². The molecule has 0 unspecified atom stereocenters. The van der Waals surface area contributed by atoms with Crippen LogP contribution >= 0.6 is 0 Å². The van der Waals surface area contributed by atoms with Crippen LogP contribution in [0.4, 0.5) is 0 Å². The Bertz CT molecular complexity index is 446. The van der Waals surface area contributed by atoms with Gasteiger partial charge in [-0.1, -0.05) is 6.92 Å². The Morgan fingerprint density at radius 3 is 3.13 bits per heavy atom. The van der Waals surface area contributed by atoms with Crippen molar-refractivity contribution >= 4 is 5.78 Å². The largest absolute Gasteiger partial charge is 0.461 e. The molecule has 15 heavy (non-hydrogen) atoms. The molecule has 0 aliphatic heterocycles. The van der Waals surface area contributed by atoms with Crippen LogP contribution < -0.4 is 0 Å². The fraction of sp³-hybridized carbons (Fsp3) is 0.333. The Morgan fingerprint density at radius 2 is 2.47 bits per heavy atom. The van der Waals surface area contributed by atoms with Gasteiger partial charge in [0.05, 0.1) is 6.26 Å². The number of hydrogen-bond donors (Lipinski definition) is 0. The highest BCUT2D eigenvalue weighted by Gasteiger charge is 2.09. The maximum absolute atomic E-state index is 11.1. The molecule has 0 saturated carbocycles. The molecular weight excluding hydrogens is 196 g/mol. The number of Topliss-reactive ketones (excluding diaryl/α,β-unsaturated/α-hetero) is 1. The second kappa shape index (κ2) is 4.04. The van der Waals surface area contributed by atoms with E-state index in [0.29, 0.717) is 18.0 Å². The van der Waals surface area contributed by atoms with Gasteiger partial charge in [0, 0.05) is 6.42 Å². The molecule has 2 heterocycles. The minimum absolute atomic E-state index is 0.0680. The maximum Gasteiger partial charge on any atom is 0.240 e. The van der Waals surface area contributed by atoms with Crippen LogP contribution in [0.25, 0.3) is 11.6 Å². The lowest BCUT2D eigenvalue weighted by atomic mass is 10.3. The van der Waals surface area contributed by atoms with E-state index in [4.69, 9.17) is 4.42 Å². The molecular formula is C9H10N4O2. The predicted molar refractivity (Wildman–Crippen MR) is 50.8 cm³/mol. The highest BCUT2D eigenvalue weighted by molar-refractivity contribution is 5.77. The van der Waals surface area contributed by atoms with Crippen molar-refractivity contribution in [2.75, 3.05) is 0 Å². The molecule has 6 heteroatoms. The summed E-state index contributed by atoms with van der Waals surface area (Å²) in [5, 5.41) is 11.6. The quantitative estimate of drug-likeness (QED) is 0.743. The van der Waals surface area contributed by atoms with Gasteiger partial charge in [-0.25, -0.2) is 0 Å². The maximum atomic E-state index is 11.1. The van der Waals surface area contributed by atoms with Crippen LogP contribution in [0.3, 0.4) is 0 Å². The SMILES string of the molecule is CCC(=O)Cn1nnc(-c2ccco2)n1. The first-order valence-electron chi connectivity index (χ1n) is 4.63. The van der Waals surface area contributed by atoms with Crippen molar-refractivity contribution < 1.29 is 9.21 Å². The minimum atomic E-state index is 0.0680. The smallest absolute Gasteiger partial charge is 0.240 e. The summed E-state index contributed by atoms with van der Waals surface area (Å²) in [5.41, 5.74) is 0. The second-order valence-corrected chi connectivity index (χ2v) is 3.01. The molecule has 6 nitrogen and oxygen atoms in total. The molecule has 0 bridgehead atoms. The standard InChI is InChI=1S/C9H10N4O2/c1-2-7(14)6-13-11-9(10-12-13)8-4-3-5-15-8/h3-5H,2,6H2,1H3. The van der Waals surface area contributed by atoms with Gasteiger partial charge in [-0.05, 0) is 17.3 Å². The molecule has 2 aromatic heterocycles. The number of tetrazole rings is 1. The first-order valence-corrected chi connectivity index (χ1v) is 4.63. The summed E-state index contributed by atoms with van der Waals surface area (Å²) in [6.45, 7) is 1.96. The number of ketones is 1. The monoisotopic (exact) mass is 206 g/mol. The number of nitrogens with zero attached hydrogens (tertiary/aromatic N) is 4. The number of rotatable bonds is 4. The Kier molecular flexibility index (Phi) is 2.57. The summed E-state index contributed by atoms with van der Waals surface area (Å²) in [5.74, 6) is 1.01. The molecule has 0 amide bonds. The molecule has 0 saturated heterocycles. The van der Waals surface area contributed by atoms with Crippen molar-refractivity contribution in [3.05, 3.63) is 18.4 Å². The zero-order valence-electron chi connectivity index (χ0n) is 8.25. The zero-order chi connectivity index (χ0) is 10.7. The third-order valence-corrected chi connectivity index (χ3v) is 1.91. The van der Waals surface area contributed by atoms with Gasteiger partial charge in [-0.15, -0.1) is 10.2 Å². The molecule has 0 radical (unpaired) electrons. The first-order chi connectivity index (χ1) is 7.29.